The van der Waals surface area contributed by atoms with Crippen LogP contribution < -0.4 is 11.0 Å². The third-order valence-electron chi connectivity index (χ3n) is 2.72. The summed E-state index contributed by atoms with van der Waals surface area (Å²) in [4.78, 5) is 23.0. The SMILES string of the molecule is Cc1[nH][nH]c(=O)c1CC(=O)N/N=C/c1ccc(O)cc1. The molecule has 2 aromatic rings. The van der Waals surface area contributed by atoms with Crippen LogP contribution in [-0.4, -0.2) is 27.4 Å². The van der Waals surface area contributed by atoms with E-state index < -0.39 is 0 Å². The first-order valence-corrected chi connectivity index (χ1v) is 5.93. The van der Waals surface area contributed by atoms with E-state index in [1.54, 1.807) is 19.1 Å². The molecule has 0 fully saturated rings. The molecule has 104 valence electrons. The lowest BCUT2D eigenvalue weighted by Crippen LogP contribution is -2.23. The molecular weight excluding hydrogens is 260 g/mol. The Kier molecular flexibility index (Phi) is 3.99. The number of benzene rings is 1. The number of hydrazone groups is 1. The number of phenolic OH excluding ortho intramolecular Hbond substituents is 1. The zero-order valence-corrected chi connectivity index (χ0v) is 10.8. The fraction of sp³-hybridized carbons (Fsp3) is 0.154. The molecule has 20 heavy (non-hydrogen) atoms. The molecule has 4 N–H and O–H groups in total. The van der Waals surface area contributed by atoms with Gasteiger partial charge in [-0.15, -0.1) is 0 Å². The van der Waals surface area contributed by atoms with Gasteiger partial charge in [-0.3, -0.25) is 14.7 Å². The first kappa shape index (κ1) is 13.6. The summed E-state index contributed by atoms with van der Waals surface area (Å²) in [5.74, 6) is -0.221. The summed E-state index contributed by atoms with van der Waals surface area (Å²) in [6.07, 6.45) is 1.41. The van der Waals surface area contributed by atoms with Crippen molar-refractivity contribution >= 4 is 12.1 Å². The molecular formula is C13H14N4O3. The van der Waals surface area contributed by atoms with E-state index in [4.69, 9.17) is 5.11 Å². The first-order valence-electron chi connectivity index (χ1n) is 5.93. The minimum Gasteiger partial charge on any atom is -0.508 e. The number of carbonyl (C=O) groups is 1. The number of nitrogens with zero attached hydrogens (tertiary/aromatic N) is 1. The Balaban J connectivity index is 1.92. The molecule has 0 aliphatic carbocycles. The molecule has 0 aliphatic heterocycles. The third kappa shape index (κ3) is 3.35. The molecule has 1 aromatic heterocycles. The summed E-state index contributed by atoms with van der Waals surface area (Å²) in [6.45, 7) is 1.71. The van der Waals surface area contributed by atoms with E-state index in [9.17, 15) is 9.59 Å². The van der Waals surface area contributed by atoms with E-state index in [1.807, 2.05) is 0 Å². The number of rotatable bonds is 4. The number of amides is 1. The Labute approximate surface area is 114 Å². The van der Waals surface area contributed by atoms with E-state index in [0.717, 1.165) is 5.56 Å². The van der Waals surface area contributed by atoms with Crippen molar-refractivity contribution in [2.45, 2.75) is 13.3 Å². The lowest BCUT2D eigenvalue weighted by Gasteiger charge is -1.98. The van der Waals surface area contributed by atoms with Crippen molar-refractivity contribution in [3.05, 3.63) is 51.4 Å². The molecule has 0 aliphatic rings. The Hall–Kier alpha value is -2.83. The molecule has 2 rings (SSSR count). The quantitative estimate of drug-likeness (QED) is 0.478. The van der Waals surface area contributed by atoms with Gasteiger partial charge in [-0.25, -0.2) is 5.43 Å². The molecule has 0 radical (unpaired) electrons. The monoisotopic (exact) mass is 274 g/mol. The van der Waals surface area contributed by atoms with Crippen molar-refractivity contribution < 1.29 is 9.90 Å². The zero-order valence-electron chi connectivity index (χ0n) is 10.8. The van der Waals surface area contributed by atoms with Crippen LogP contribution in [0.25, 0.3) is 0 Å². The van der Waals surface area contributed by atoms with Gasteiger partial charge in [-0.05, 0) is 36.8 Å². The summed E-state index contributed by atoms with van der Waals surface area (Å²) < 4.78 is 0. The van der Waals surface area contributed by atoms with Crippen LogP contribution in [0.15, 0.2) is 34.2 Å². The van der Waals surface area contributed by atoms with Crippen molar-refractivity contribution in [2.75, 3.05) is 0 Å². The highest BCUT2D eigenvalue weighted by Gasteiger charge is 2.10. The smallest absolute Gasteiger partial charge is 0.267 e. The maximum atomic E-state index is 11.6. The third-order valence-corrected chi connectivity index (χ3v) is 2.72. The predicted octanol–water partition coefficient (Wildman–Crippen LogP) is 0.410. The van der Waals surface area contributed by atoms with Gasteiger partial charge in [0.15, 0.2) is 0 Å². The van der Waals surface area contributed by atoms with Gasteiger partial charge in [-0.2, -0.15) is 5.10 Å². The van der Waals surface area contributed by atoms with Crippen LogP contribution >= 0.6 is 0 Å². The molecule has 7 nitrogen and oxygen atoms in total. The van der Waals surface area contributed by atoms with E-state index >= 15 is 0 Å². The van der Waals surface area contributed by atoms with E-state index in [-0.39, 0.29) is 23.6 Å². The number of hydrogen-bond donors (Lipinski definition) is 4. The number of hydrogen-bond acceptors (Lipinski definition) is 4. The average molecular weight is 274 g/mol. The minimum absolute atomic E-state index is 0.0441. The lowest BCUT2D eigenvalue weighted by molar-refractivity contribution is -0.120. The number of aromatic nitrogens is 2. The minimum atomic E-state index is -0.381. The molecule has 0 saturated carbocycles. The van der Waals surface area contributed by atoms with Gasteiger partial charge in [0, 0.05) is 11.3 Å². The van der Waals surface area contributed by atoms with Crippen molar-refractivity contribution in [1.82, 2.24) is 15.6 Å². The van der Waals surface area contributed by atoms with Gasteiger partial charge >= 0.3 is 0 Å². The highest BCUT2D eigenvalue weighted by atomic mass is 16.3. The van der Waals surface area contributed by atoms with Crippen molar-refractivity contribution in [3.8, 4) is 5.75 Å². The summed E-state index contributed by atoms with van der Waals surface area (Å²) in [5.41, 5.74) is 3.79. The van der Waals surface area contributed by atoms with Gasteiger partial charge in [0.1, 0.15) is 5.75 Å². The molecule has 0 unspecified atom stereocenters. The second kappa shape index (κ2) is 5.87. The van der Waals surface area contributed by atoms with Crippen molar-refractivity contribution in [2.24, 2.45) is 5.10 Å². The topological polar surface area (TPSA) is 110 Å². The van der Waals surface area contributed by atoms with Crippen LogP contribution in [0.4, 0.5) is 0 Å². The second-order valence-electron chi connectivity index (χ2n) is 4.24. The van der Waals surface area contributed by atoms with E-state index in [1.165, 1.54) is 18.3 Å². The maximum absolute atomic E-state index is 11.6. The van der Waals surface area contributed by atoms with Gasteiger partial charge in [-0.1, -0.05) is 0 Å². The molecule has 0 bridgehead atoms. The summed E-state index contributed by atoms with van der Waals surface area (Å²) >= 11 is 0. The molecule has 1 amide bonds. The number of H-pyrrole nitrogens is 2. The van der Waals surface area contributed by atoms with Crippen LogP contribution in [0, 0.1) is 6.92 Å². The highest BCUT2D eigenvalue weighted by molar-refractivity contribution is 5.83. The van der Waals surface area contributed by atoms with Crippen LogP contribution in [0.2, 0.25) is 0 Å². The number of carbonyl (C=O) groups excluding carboxylic acids is 1. The Bertz CT molecular complexity index is 682. The lowest BCUT2D eigenvalue weighted by atomic mass is 10.2. The fourth-order valence-corrected chi connectivity index (χ4v) is 1.62. The van der Waals surface area contributed by atoms with Crippen LogP contribution in [0.5, 0.6) is 5.75 Å². The summed E-state index contributed by atoms with van der Waals surface area (Å²) in [7, 11) is 0. The second-order valence-corrected chi connectivity index (χ2v) is 4.24. The Morgan fingerprint density at radius 2 is 2.05 bits per heavy atom. The van der Waals surface area contributed by atoms with Gasteiger partial charge in [0.2, 0.25) is 5.91 Å². The van der Waals surface area contributed by atoms with Crippen molar-refractivity contribution in [1.29, 1.82) is 0 Å². The van der Waals surface area contributed by atoms with Gasteiger partial charge < -0.3 is 10.2 Å². The van der Waals surface area contributed by atoms with Gasteiger partial charge in [0.25, 0.3) is 5.56 Å². The highest BCUT2D eigenvalue weighted by Crippen LogP contribution is 2.07. The summed E-state index contributed by atoms with van der Waals surface area (Å²) in [6, 6.07) is 6.36. The first-order chi connectivity index (χ1) is 9.56. The fourth-order valence-electron chi connectivity index (χ4n) is 1.62. The molecule has 7 heteroatoms. The van der Waals surface area contributed by atoms with Crippen molar-refractivity contribution in [3.63, 3.8) is 0 Å². The van der Waals surface area contributed by atoms with Crippen LogP contribution in [0.3, 0.4) is 0 Å². The largest absolute Gasteiger partial charge is 0.508 e. The normalized spacial score (nSPS) is 10.8. The molecule has 0 atom stereocenters. The molecule has 0 spiro atoms. The number of phenols is 1. The van der Waals surface area contributed by atoms with E-state index in [2.05, 4.69) is 20.7 Å². The maximum Gasteiger partial charge on any atom is 0.267 e. The number of aromatic hydroxyl groups is 1. The average Bonchev–Trinajstić information content (AvgIpc) is 2.73. The number of nitrogens with one attached hydrogen (secondary N) is 3. The van der Waals surface area contributed by atoms with Crippen LogP contribution in [-0.2, 0) is 11.2 Å². The van der Waals surface area contributed by atoms with E-state index in [0.29, 0.717) is 11.3 Å². The number of aromatic amines is 2. The molecule has 1 aromatic carbocycles. The number of aryl methyl sites for hydroxylation is 1. The Morgan fingerprint density at radius 1 is 1.35 bits per heavy atom. The molecule has 0 saturated heterocycles. The predicted molar refractivity (Wildman–Crippen MR) is 73.7 cm³/mol. The Morgan fingerprint density at radius 3 is 2.65 bits per heavy atom. The zero-order chi connectivity index (χ0) is 14.5. The molecule has 1 heterocycles. The standard InChI is InChI=1S/C13H14N4O3/c1-8-11(13(20)17-15-8)6-12(19)16-14-7-9-2-4-10(18)5-3-9/h2-5,7,18H,6H2,1H3,(H,16,19)(H2,15,17,20)/b14-7+. The van der Waals surface area contributed by atoms with Crippen LogP contribution in [0.1, 0.15) is 16.8 Å². The summed E-state index contributed by atoms with van der Waals surface area (Å²) in [5, 5.41) is 18.0. The van der Waals surface area contributed by atoms with Gasteiger partial charge in [0.05, 0.1) is 12.6 Å².